The summed E-state index contributed by atoms with van der Waals surface area (Å²) in [6, 6.07) is 12.3. The largest absolute Gasteiger partial charge is 0.349 e. The van der Waals surface area contributed by atoms with Gasteiger partial charge in [0.1, 0.15) is 5.82 Å². The maximum absolute atomic E-state index is 13.1. The average Bonchev–Trinajstić information content (AvgIpc) is 2.63. The molecule has 0 radical (unpaired) electrons. The van der Waals surface area contributed by atoms with E-state index >= 15 is 0 Å². The van der Waals surface area contributed by atoms with Gasteiger partial charge in [0.25, 0.3) is 5.91 Å². The molecule has 138 valence electrons. The zero-order valence-electron chi connectivity index (χ0n) is 14.3. The van der Waals surface area contributed by atoms with E-state index in [1.54, 1.807) is 24.3 Å². The molecule has 3 rings (SSSR count). The number of amides is 1. The molecular weight excluding hydrogens is 355 g/mol. The summed E-state index contributed by atoms with van der Waals surface area (Å²) >= 11 is 0. The van der Waals surface area contributed by atoms with Gasteiger partial charge >= 0.3 is 0 Å². The summed E-state index contributed by atoms with van der Waals surface area (Å²) in [5, 5.41) is 3.00. The summed E-state index contributed by atoms with van der Waals surface area (Å²) in [5.41, 5.74) is 6.90. The normalized spacial score (nSPS) is 19.3. The summed E-state index contributed by atoms with van der Waals surface area (Å²) in [7, 11) is 0. The molecule has 0 atom stereocenters. The number of carbonyl (C=O) groups excluding carboxylic acids is 2. The Morgan fingerprint density at radius 3 is 2.12 bits per heavy atom. The maximum Gasteiger partial charge on any atom is 0.252 e. The lowest BCUT2D eigenvalue weighted by atomic mass is 9.91. The number of carbonyl (C=O) groups is 2. The van der Waals surface area contributed by atoms with Gasteiger partial charge in [-0.1, -0.05) is 18.2 Å². The number of hydrogen-bond acceptors (Lipinski definition) is 3. The minimum absolute atomic E-state index is 0. The van der Waals surface area contributed by atoms with E-state index in [0.29, 0.717) is 16.7 Å². The van der Waals surface area contributed by atoms with E-state index in [0.717, 1.165) is 25.7 Å². The first kappa shape index (κ1) is 20.1. The SMILES string of the molecule is Cl.NC1CCC(NC(=O)c2ccccc2C(=O)c2ccc(F)cc2)CC1. The van der Waals surface area contributed by atoms with Crippen LogP contribution >= 0.6 is 12.4 Å². The summed E-state index contributed by atoms with van der Waals surface area (Å²) in [6.07, 6.45) is 3.48. The van der Waals surface area contributed by atoms with Crippen LogP contribution in [0.5, 0.6) is 0 Å². The van der Waals surface area contributed by atoms with Gasteiger partial charge in [-0.25, -0.2) is 4.39 Å². The second-order valence-electron chi connectivity index (χ2n) is 6.47. The summed E-state index contributed by atoms with van der Waals surface area (Å²) < 4.78 is 13.1. The average molecular weight is 377 g/mol. The monoisotopic (exact) mass is 376 g/mol. The summed E-state index contributed by atoms with van der Waals surface area (Å²) in [5.74, 6) is -0.957. The van der Waals surface area contributed by atoms with Crippen molar-refractivity contribution in [3.05, 3.63) is 71.0 Å². The molecule has 2 aromatic carbocycles. The van der Waals surface area contributed by atoms with Gasteiger partial charge in [-0.15, -0.1) is 12.4 Å². The number of nitrogens with one attached hydrogen (secondary N) is 1. The quantitative estimate of drug-likeness (QED) is 0.802. The fourth-order valence-electron chi connectivity index (χ4n) is 3.16. The first-order chi connectivity index (χ1) is 12.0. The highest BCUT2D eigenvalue weighted by Crippen LogP contribution is 2.19. The van der Waals surface area contributed by atoms with Gasteiger partial charge in [-0.05, 0) is 56.0 Å². The van der Waals surface area contributed by atoms with Crippen LogP contribution in [0.25, 0.3) is 0 Å². The molecule has 0 aromatic heterocycles. The van der Waals surface area contributed by atoms with Crippen LogP contribution in [0.1, 0.15) is 52.0 Å². The van der Waals surface area contributed by atoms with Crippen LogP contribution in [0.15, 0.2) is 48.5 Å². The molecule has 0 heterocycles. The molecule has 0 bridgehead atoms. The molecular formula is C20H22ClFN2O2. The molecule has 0 unspecified atom stereocenters. The Kier molecular flexibility index (Phi) is 6.89. The molecule has 3 N–H and O–H groups in total. The number of rotatable bonds is 4. The summed E-state index contributed by atoms with van der Waals surface area (Å²) in [6.45, 7) is 0. The van der Waals surface area contributed by atoms with Crippen LogP contribution in [-0.2, 0) is 0 Å². The molecule has 0 spiro atoms. The van der Waals surface area contributed by atoms with E-state index in [2.05, 4.69) is 5.32 Å². The summed E-state index contributed by atoms with van der Waals surface area (Å²) in [4.78, 5) is 25.3. The molecule has 1 aliphatic carbocycles. The Morgan fingerprint density at radius 2 is 1.50 bits per heavy atom. The molecule has 26 heavy (non-hydrogen) atoms. The van der Waals surface area contributed by atoms with Gasteiger partial charge in [-0.3, -0.25) is 9.59 Å². The number of benzene rings is 2. The van der Waals surface area contributed by atoms with Crippen molar-refractivity contribution >= 4 is 24.1 Å². The lowest BCUT2D eigenvalue weighted by Gasteiger charge is -2.27. The van der Waals surface area contributed by atoms with Crippen molar-refractivity contribution in [3.8, 4) is 0 Å². The van der Waals surface area contributed by atoms with E-state index in [9.17, 15) is 14.0 Å². The first-order valence-electron chi connectivity index (χ1n) is 8.50. The van der Waals surface area contributed by atoms with Crippen molar-refractivity contribution in [2.24, 2.45) is 5.73 Å². The van der Waals surface area contributed by atoms with E-state index in [1.165, 1.54) is 24.3 Å². The van der Waals surface area contributed by atoms with Crippen molar-refractivity contribution in [1.29, 1.82) is 0 Å². The van der Waals surface area contributed by atoms with Gasteiger partial charge < -0.3 is 11.1 Å². The third kappa shape index (κ3) is 4.68. The van der Waals surface area contributed by atoms with E-state index in [1.807, 2.05) is 0 Å². The van der Waals surface area contributed by atoms with Gasteiger partial charge in [0, 0.05) is 23.2 Å². The number of hydrogen-bond donors (Lipinski definition) is 2. The number of nitrogens with two attached hydrogens (primary N) is 1. The Bertz CT molecular complexity index is 772. The third-order valence-corrected chi connectivity index (χ3v) is 4.63. The van der Waals surface area contributed by atoms with Crippen molar-refractivity contribution in [2.45, 2.75) is 37.8 Å². The van der Waals surface area contributed by atoms with Crippen molar-refractivity contribution in [1.82, 2.24) is 5.32 Å². The minimum atomic E-state index is -0.405. The highest BCUT2D eigenvalue weighted by Gasteiger charge is 2.23. The second kappa shape index (κ2) is 8.92. The molecule has 1 amide bonds. The molecule has 4 nitrogen and oxygen atoms in total. The first-order valence-corrected chi connectivity index (χ1v) is 8.50. The predicted octanol–water partition coefficient (Wildman–Crippen LogP) is 3.48. The predicted molar refractivity (Wildman–Crippen MR) is 101 cm³/mol. The standard InChI is InChI=1S/C20H21FN2O2.ClH/c21-14-7-5-13(6-8-14)19(24)17-3-1-2-4-18(17)20(25)23-16-11-9-15(22)10-12-16;/h1-8,15-16H,9-12,22H2,(H,23,25);1H. The van der Waals surface area contributed by atoms with Crippen molar-refractivity contribution in [2.75, 3.05) is 0 Å². The fraction of sp³-hybridized carbons (Fsp3) is 0.300. The smallest absolute Gasteiger partial charge is 0.252 e. The Hall–Kier alpha value is -2.24. The van der Waals surface area contributed by atoms with E-state index in [-0.39, 0.29) is 36.2 Å². The lowest BCUT2D eigenvalue weighted by molar-refractivity contribution is 0.0916. The van der Waals surface area contributed by atoms with Gasteiger partial charge in [0.15, 0.2) is 5.78 Å². The lowest BCUT2D eigenvalue weighted by Crippen LogP contribution is -2.40. The molecule has 6 heteroatoms. The molecule has 1 aliphatic rings. The van der Waals surface area contributed by atoms with Gasteiger partial charge in [-0.2, -0.15) is 0 Å². The van der Waals surface area contributed by atoms with Gasteiger partial charge in [0.2, 0.25) is 0 Å². The molecule has 1 fully saturated rings. The van der Waals surface area contributed by atoms with Crippen LogP contribution in [0.2, 0.25) is 0 Å². The molecule has 1 saturated carbocycles. The van der Waals surface area contributed by atoms with Crippen LogP contribution in [-0.4, -0.2) is 23.8 Å². The molecule has 0 aliphatic heterocycles. The van der Waals surface area contributed by atoms with Crippen LogP contribution in [0, 0.1) is 5.82 Å². The molecule has 2 aromatic rings. The highest BCUT2D eigenvalue weighted by molar-refractivity contribution is 6.15. The zero-order valence-corrected chi connectivity index (χ0v) is 15.1. The Balaban J connectivity index is 0.00000243. The Labute approximate surface area is 158 Å². The maximum atomic E-state index is 13.1. The van der Waals surface area contributed by atoms with Crippen molar-refractivity contribution in [3.63, 3.8) is 0 Å². The fourth-order valence-corrected chi connectivity index (χ4v) is 3.16. The Morgan fingerprint density at radius 1 is 0.923 bits per heavy atom. The number of ketones is 1. The zero-order chi connectivity index (χ0) is 17.8. The molecule has 0 saturated heterocycles. The third-order valence-electron chi connectivity index (χ3n) is 4.63. The number of halogens is 2. The topological polar surface area (TPSA) is 72.2 Å². The van der Waals surface area contributed by atoms with E-state index in [4.69, 9.17) is 5.73 Å². The highest BCUT2D eigenvalue weighted by atomic mass is 35.5. The van der Waals surface area contributed by atoms with Crippen LogP contribution in [0.3, 0.4) is 0 Å². The second-order valence-corrected chi connectivity index (χ2v) is 6.47. The van der Waals surface area contributed by atoms with Crippen LogP contribution in [0.4, 0.5) is 4.39 Å². The van der Waals surface area contributed by atoms with Crippen molar-refractivity contribution < 1.29 is 14.0 Å². The van der Waals surface area contributed by atoms with Gasteiger partial charge in [0.05, 0.1) is 5.56 Å². The van der Waals surface area contributed by atoms with E-state index < -0.39 is 5.82 Å². The minimum Gasteiger partial charge on any atom is -0.349 e. The van der Waals surface area contributed by atoms with Crippen LogP contribution < -0.4 is 11.1 Å².